The predicted octanol–water partition coefficient (Wildman–Crippen LogP) is 3.77. The summed E-state index contributed by atoms with van der Waals surface area (Å²) in [6, 6.07) is 11.5. The summed E-state index contributed by atoms with van der Waals surface area (Å²) in [5.41, 5.74) is 10.6. The minimum Gasteiger partial charge on any atom is -0.398 e. The number of rotatable bonds is 1. The van der Waals surface area contributed by atoms with Crippen molar-refractivity contribution in [1.82, 2.24) is 9.97 Å². The van der Waals surface area contributed by atoms with Gasteiger partial charge in [0.2, 0.25) is 0 Å². The van der Waals surface area contributed by atoms with Crippen molar-refractivity contribution < 1.29 is 0 Å². The van der Waals surface area contributed by atoms with Crippen LogP contribution < -0.4 is 5.73 Å². The van der Waals surface area contributed by atoms with Gasteiger partial charge in [0.15, 0.2) is 0 Å². The molecule has 0 atom stereocenters. The van der Waals surface area contributed by atoms with Crippen molar-refractivity contribution in [3.8, 4) is 11.4 Å². The zero-order valence-electron chi connectivity index (χ0n) is 9.87. The number of aryl methyl sites for hydroxylation is 1. The highest BCUT2D eigenvalue weighted by Crippen LogP contribution is 2.28. The number of anilines is 1. The van der Waals surface area contributed by atoms with Gasteiger partial charge in [0.25, 0.3) is 0 Å². The molecule has 0 saturated carbocycles. The van der Waals surface area contributed by atoms with Gasteiger partial charge in [0.05, 0.1) is 11.0 Å². The first-order valence-electron chi connectivity index (χ1n) is 5.65. The molecular weight excluding hydrogens is 246 g/mol. The molecule has 1 heterocycles. The molecule has 0 unspecified atom stereocenters. The Hall–Kier alpha value is -2.00. The molecule has 3 N–H and O–H groups in total. The summed E-state index contributed by atoms with van der Waals surface area (Å²) >= 11 is 5.99. The molecule has 0 bridgehead atoms. The summed E-state index contributed by atoms with van der Waals surface area (Å²) in [5.74, 6) is 0.746. The molecule has 0 saturated heterocycles. The standard InChI is InChI=1S/C14H12ClN3/c1-8-2-5-12-13(6-8)18-14(17-12)10-7-9(15)3-4-11(10)16/h2-7H,16H2,1H3,(H,17,18). The fourth-order valence-electron chi connectivity index (χ4n) is 1.98. The van der Waals surface area contributed by atoms with Crippen LogP contribution in [0.25, 0.3) is 22.4 Å². The lowest BCUT2D eigenvalue weighted by Gasteiger charge is -2.02. The van der Waals surface area contributed by atoms with E-state index in [1.807, 2.05) is 25.1 Å². The van der Waals surface area contributed by atoms with Crippen LogP contribution in [-0.4, -0.2) is 9.97 Å². The fourth-order valence-corrected chi connectivity index (χ4v) is 2.16. The molecular formula is C14H12ClN3. The Morgan fingerprint density at radius 3 is 2.83 bits per heavy atom. The molecule has 0 spiro atoms. The molecule has 4 heteroatoms. The van der Waals surface area contributed by atoms with Crippen LogP contribution in [0.1, 0.15) is 5.56 Å². The lowest BCUT2D eigenvalue weighted by Crippen LogP contribution is -1.90. The minimum atomic E-state index is 0.649. The second-order valence-electron chi connectivity index (χ2n) is 4.34. The number of nitrogens with two attached hydrogens (primary N) is 1. The van der Waals surface area contributed by atoms with E-state index in [-0.39, 0.29) is 0 Å². The molecule has 3 aromatic rings. The predicted molar refractivity (Wildman–Crippen MR) is 75.7 cm³/mol. The van der Waals surface area contributed by atoms with Crippen molar-refractivity contribution in [2.75, 3.05) is 5.73 Å². The Morgan fingerprint density at radius 2 is 2.00 bits per heavy atom. The molecule has 3 rings (SSSR count). The molecule has 0 fully saturated rings. The van der Waals surface area contributed by atoms with Crippen molar-refractivity contribution in [3.63, 3.8) is 0 Å². The number of benzene rings is 2. The van der Waals surface area contributed by atoms with Gasteiger partial charge in [-0.3, -0.25) is 0 Å². The SMILES string of the molecule is Cc1ccc2nc(-c3cc(Cl)ccc3N)[nH]c2c1. The van der Waals surface area contributed by atoms with Gasteiger partial charge in [-0.15, -0.1) is 0 Å². The van der Waals surface area contributed by atoms with Crippen LogP contribution in [-0.2, 0) is 0 Å². The van der Waals surface area contributed by atoms with Crippen LogP contribution in [0.4, 0.5) is 5.69 Å². The molecule has 90 valence electrons. The molecule has 3 nitrogen and oxygen atoms in total. The first-order chi connectivity index (χ1) is 8.63. The van der Waals surface area contributed by atoms with Crippen LogP contribution in [0.15, 0.2) is 36.4 Å². The molecule has 0 radical (unpaired) electrons. The summed E-state index contributed by atoms with van der Waals surface area (Å²) < 4.78 is 0. The molecule has 18 heavy (non-hydrogen) atoms. The smallest absolute Gasteiger partial charge is 0.140 e. The van der Waals surface area contributed by atoms with Crippen LogP contribution in [0.5, 0.6) is 0 Å². The Bertz CT molecular complexity index is 731. The van der Waals surface area contributed by atoms with Gasteiger partial charge >= 0.3 is 0 Å². The quantitative estimate of drug-likeness (QED) is 0.652. The molecule has 0 aliphatic rings. The van der Waals surface area contributed by atoms with Crippen molar-refractivity contribution >= 4 is 28.3 Å². The third kappa shape index (κ3) is 1.83. The van der Waals surface area contributed by atoms with E-state index in [9.17, 15) is 0 Å². The van der Waals surface area contributed by atoms with E-state index < -0.39 is 0 Å². The number of H-pyrrole nitrogens is 1. The highest BCUT2D eigenvalue weighted by molar-refractivity contribution is 6.31. The van der Waals surface area contributed by atoms with Gasteiger partial charge in [-0.25, -0.2) is 4.98 Å². The Morgan fingerprint density at radius 1 is 1.17 bits per heavy atom. The Labute approximate surface area is 110 Å². The minimum absolute atomic E-state index is 0.649. The Kier molecular flexibility index (Phi) is 2.49. The monoisotopic (exact) mass is 257 g/mol. The highest BCUT2D eigenvalue weighted by Gasteiger charge is 2.09. The number of nitrogens with zero attached hydrogens (tertiary/aromatic N) is 1. The normalized spacial score (nSPS) is 11.0. The van der Waals surface area contributed by atoms with Crippen LogP contribution in [0, 0.1) is 6.92 Å². The maximum absolute atomic E-state index is 5.99. The summed E-state index contributed by atoms with van der Waals surface area (Å²) in [4.78, 5) is 7.80. The second kappa shape index (κ2) is 4.03. The number of nitrogen functional groups attached to an aromatic ring is 1. The first kappa shape index (κ1) is 11.1. The second-order valence-corrected chi connectivity index (χ2v) is 4.77. The maximum Gasteiger partial charge on any atom is 0.140 e. The first-order valence-corrected chi connectivity index (χ1v) is 6.03. The van der Waals surface area contributed by atoms with Gasteiger partial charge in [-0.1, -0.05) is 17.7 Å². The van der Waals surface area contributed by atoms with E-state index in [2.05, 4.69) is 16.0 Å². The average Bonchev–Trinajstić information content (AvgIpc) is 2.74. The number of nitrogens with one attached hydrogen (secondary N) is 1. The van der Waals surface area contributed by atoms with Gasteiger partial charge in [-0.2, -0.15) is 0 Å². The molecule has 2 aromatic carbocycles. The number of hydrogen-bond donors (Lipinski definition) is 2. The van der Waals surface area contributed by atoms with E-state index in [0.29, 0.717) is 10.7 Å². The van der Waals surface area contributed by atoms with E-state index in [1.54, 1.807) is 12.1 Å². The van der Waals surface area contributed by atoms with E-state index in [0.717, 1.165) is 22.4 Å². The number of fused-ring (bicyclic) bond motifs is 1. The number of aromatic amines is 1. The average molecular weight is 258 g/mol. The molecule has 0 amide bonds. The van der Waals surface area contributed by atoms with Gasteiger partial charge in [0.1, 0.15) is 5.82 Å². The van der Waals surface area contributed by atoms with E-state index in [4.69, 9.17) is 17.3 Å². The summed E-state index contributed by atoms with van der Waals surface area (Å²) in [5, 5.41) is 0.649. The van der Waals surface area contributed by atoms with E-state index >= 15 is 0 Å². The van der Waals surface area contributed by atoms with Gasteiger partial charge in [0, 0.05) is 16.3 Å². The zero-order valence-corrected chi connectivity index (χ0v) is 10.6. The van der Waals surface area contributed by atoms with Crippen molar-refractivity contribution in [2.24, 2.45) is 0 Å². The summed E-state index contributed by atoms with van der Waals surface area (Å²) in [6.45, 7) is 2.05. The molecule has 1 aromatic heterocycles. The largest absolute Gasteiger partial charge is 0.398 e. The van der Waals surface area contributed by atoms with E-state index in [1.165, 1.54) is 5.56 Å². The number of hydrogen-bond acceptors (Lipinski definition) is 2. The summed E-state index contributed by atoms with van der Waals surface area (Å²) in [7, 11) is 0. The van der Waals surface area contributed by atoms with Gasteiger partial charge in [-0.05, 0) is 42.8 Å². The summed E-state index contributed by atoms with van der Waals surface area (Å²) in [6.07, 6.45) is 0. The van der Waals surface area contributed by atoms with Crippen molar-refractivity contribution in [2.45, 2.75) is 6.92 Å². The van der Waals surface area contributed by atoms with Crippen LogP contribution in [0.3, 0.4) is 0 Å². The number of imidazole rings is 1. The number of aromatic nitrogens is 2. The lowest BCUT2D eigenvalue weighted by molar-refractivity contribution is 1.34. The van der Waals surface area contributed by atoms with Crippen LogP contribution >= 0.6 is 11.6 Å². The Balaban J connectivity index is 2.22. The fraction of sp³-hybridized carbons (Fsp3) is 0.0714. The third-order valence-corrected chi connectivity index (χ3v) is 3.14. The van der Waals surface area contributed by atoms with Crippen molar-refractivity contribution in [1.29, 1.82) is 0 Å². The number of halogens is 1. The maximum atomic E-state index is 5.99. The van der Waals surface area contributed by atoms with Crippen molar-refractivity contribution in [3.05, 3.63) is 47.0 Å². The molecule has 0 aliphatic heterocycles. The van der Waals surface area contributed by atoms with Crippen LogP contribution in [0.2, 0.25) is 5.02 Å². The van der Waals surface area contributed by atoms with Gasteiger partial charge < -0.3 is 10.7 Å². The molecule has 0 aliphatic carbocycles. The highest BCUT2D eigenvalue weighted by atomic mass is 35.5. The zero-order chi connectivity index (χ0) is 12.7. The third-order valence-electron chi connectivity index (χ3n) is 2.91. The topological polar surface area (TPSA) is 54.7 Å². The lowest BCUT2D eigenvalue weighted by atomic mass is 10.2.